The number of hydrogen-bond donors (Lipinski definition) is 2. The van der Waals surface area contributed by atoms with Crippen LogP contribution >= 0.6 is 12.2 Å². The highest BCUT2D eigenvalue weighted by Gasteiger charge is 2.23. The Bertz CT molecular complexity index is 1270. The highest BCUT2D eigenvalue weighted by atomic mass is 32.1. The average Bonchev–Trinajstić information content (AvgIpc) is 2.79. The summed E-state index contributed by atoms with van der Waals surface area (Å²) in [7, 11) is 1.62. The van der Waals surface area contributed by atoms with Crippen molar-refractivity contribution in [2.45, 2.75) is 45.7 Å². The highest BCUT2D eigenvalue weighted by Crippen LogP contribution is 2.30. The minimum absolute atomic E-state index is 0.154. The van der Waals surface area contributed by atoms with Gasteiger partial charge in [-0.05, 0) is 75.0 Å². The van der Waals surface area contributed by atoms with Crippen LogP contribution in [0.25, 0.3) is 10.9 Å². The van der Waals surface area contributed by atoms with Gasteiger partial charge in [-0.1, -0.05) is 24.4 Å². The number of pyridine rings is 1. The second-order valence-electron chi connectivity index (χ2n) is 8.36. The van der Waals surface area contributed by atoms with E-state index in [0.717, 1.165) is 49.1 Å². The SMILES string of the molecule is CCn1c(=O)[nH]c2cc(CN3CCC(c4ccc(C(=O)NC)nc4C)CC3)ccc2c1=S. The molecule has 1 aliphatic rings. The summed E-state index contributed by atoms with van der Waals surface area (Å²) in [6.45, 7) is 7.29. The molecule has 168 valence electrons. The summed E-state index contributed by atoms with van der Waals surface area (Å²) >= 11 is 5.49. The number of aromatic amines is 1. The lowest BCUT2D eigenvalue weighted by Crippen LogP contribution is -2.32. The second kappa shape index (κ2) is 9.34. The van der Waals surface area contributed by atoms with Gasteiger partial charge in [-0.3, -0.25) is 14.3 Å². The maximum absolute atomic E-state index is 12.3. The van der Waals surface area contributed by atoms with E-state index in [-0.39, 0.29) is 11.6 Å². The zero-order chi connectivity index (χ0) is 22.8. The summed E-state index contributed by atoms with van der Waals surface area (Å²) in [6.07, 6.45) is 2.11. The average molecular weight is 452 g/mol. The molecule has 0 radical (unpaired) electrons. The number of nitrogens with one attached hydrogen (secondary N) is 2. The molecule has 32 heavy (non-hydrogen) atoms. The first-order valence-electron chi connectivity index (χ1n) is 11.1. The van der Waals surface area contributed by atoms with Gasteiger partial charge in [0.1, 0.15) is 10.3 Å². The minimum atomic E-state index is -0.158. The number of piperidine rings is 1. The number of fused-ring (bicyclic) bond motifs is 1. The van der Waals surface area contributed by atoms with Crippen molar-refractivity contribution in [1.82, 2.24) is 24.8 Å². The second-order valence-corrected chi connectivity index (χ2v) is 8.75. The summed E-state index contributed by atoms with van der Waals surface area (Å²) < 4.78 is 2.17. The van der Waals surface area contributed by atoms with Gasteiger partial charge in [0.05, 0.1) is 5.52 Å². The van der Waals surface area contributed by atoms with Crippen molar-refractivity contribution in [3.8, 4) is 0 Å². The van der Waals surface area contributed by atoms with Crippen LogP contribution < -0.4 is 11.0 Å². The maximum atomic E-state index is 12.3. The van der Waals surface area contributed by atoms with Crippen LogP contribution in [0.15, 0.2) is 35.1 Å². The number of carbonyl (C=O) groups is 1. The van der Waals surface area contributed by atoms with Crippen LogP contribution in [0.2, 0.25) is 0 Å². The molecule has 0 bridgehead atoms. The molecular formula is C24H29N5O2S. The number of hydrogen-bond acceptors (Lipinski definition) is 5. The van der Waals surface area contributed by atoms with Gasteiger partial charge in [0.25, 0.3) is 5.91 Å². The Morgan fingerprint density at radius 3 is 2.66 bits per heavy atom. The molecule has 1 amide bonds. The van der Waals surface area contributed by atoms with Crippen LogP contribution in [0, 0.1) is 11.6 Å². The Hall–Kier alpha value is -2.84. The molecule has 0 atom stereocenters. The molecule has 1 saturated heterocycles. The lowest BCUT2D eigenvalue weighted by atomic mass is 9.88. The normalized spacial score (nSPS) is 15.2. The fourth-order valence-corrected chi connectivity index (χ4v) is 5.00. The van der Waals surface area contributed by atoms with E-state index in [4.69, 9.17) is 12.2 Å². The van der Waals surface area contributed by atoms with E-state index >= 15 is 0 Å². The van der Waals surface area contributed by atoms with Crippen LogP contribution in [0.5, 0.6) is 0 Å². The van der Waals surface area contributed by atoms with Gasteiger partial charge in [-0.25, -0.2) is 9.78 Å². The van der Waals surface area contributed by atoms with Crippen molar-refractivity contribution in [2.75, 3.05) is 20.1 Å². The quantitative estimate of drug-likeness (QED) is 0.580. The smallest absolute Gasteiger partial charge is 0.326 e. The predicted octanol–water partition coefficient (Wildman–Crippen LogP) is 3.52. The molecule has 3 heterocycles. The molecule has 0 saturated carbocycles. The van der Waals surface area contributed by atoms with Crippen molar-refractivity contribution in [3.63, 3.8) is 0 Å². The Morgan fingerprint density at radius 1 is 1.25 bits per heavy atom. The molecule has 0 unspecified atom stereocenters. The first-order valence-corrected chi connectivity index (χ1v) is 11.5. The van der Waals surface area contributed by atoms with E-state index in [2.05, 4.69) is 32.3 Å². The van der Waals surface area contributed by atoms with Crippen molar-refractivity contribution >= 4 is 29.0 Å². The molecule has 0 aliphatic carbocycles. The predicted molar refractivity (Wildman–Crippen MR) is 129 cm³/mol. The van der Waals surface area contributed by atoms with Gasteiger partial charge >= 0.3 is 5.69 Å². The summed E-state index contributed by atoms with van der Waals surface area (Å²) in [5, 5.41) is 3.53. The first kappa shape index (κ1) is 22.4. The van der Waals surface area contributed by atoms with E-state index < -0.39 is 0 Å². The zero-order valence-electron chi connectivity index (χ0n) is 18.8. The lowest BCUT2D eigenvalue weighted by molar-refractivity contribution is 0.0958. The van der Waals surface area contributed by atoms with Crippen LogP contribution in [0.3, 0.4) is 0 Å². The number of amides is 1. The fraction of sp³-hybridized carbons (Fsp3) is 0.417. The number of likely N-dealkylation sites (tertiary alicyclic amines) is 1. The molecule has 2 aromatic heterocycles. The van der Waals surface area contributed by atoms with Crippen molar-refractivity contribution in [1.29, 1.82) is 0 Å². The number of nitrogens with zero attached hydrogens (tertiary/aromatic N) is 3. The molecule has 3 aromatic rings. The van der Waals surface area contributed by atoms with Gasteiger partial charge < -0.3 is 10.3 Å². The molecular weight excluding hydrogens is 422 g/mol. The summed E-state index contributed by atoms with van der Waals surface area (Å²) in [5.74, 6) is 0.302. The van der Waals surface area contributed by atoms with Crippen LogP contribution in [0.1, 0.15) is 53.0 Å². The third-order valence-corrected chi connectivity index (χ3v) is 6.82. The Morgan fingerprint density at radius 2 is 2.00 bits per heavy atom. The number of H-pyrrole nitrogens is 1. The standard InChI is InChI=1S/C24H29N5O2S/c1-4-29-23(32)19-6-5-16(13-21(19)27-24(29)31)14-28-11-9-17(10-12-28)18-7-8-20(22(30)25-3)26-15(18)2/h5-8,13,17H,4,9-12,14H2,1-3H3,(H,25,30)(H,27,31). The van der Waals surface area contributed by atoms with E-state index in [1.54, 1.807) is 11.6 Å². The van der Waals surface area contributed by atoms with Gasteiger partial charge in [0.15, 0.2) is 0 Å². The number of aryl methyl sites for hydroxylation is 1. The third kappa shape index (κ3) is 4.38. The van der Waals surface area contributed by atoms with Gasteiger partial charge in [0, 0.05) is 31.2 Å². The van der Waals surface area contributed by atoms with E-state index in [0.29, 0.717) is 22.8 Å². The maximum Gasteiger partial charge on any atom is 0.326 e. The number of benzene rings is 1. The van der Waals surface area contributed by atoms with Crippen molar-refractivity contribution in [3.05, 3.63) is 68.0 Å². The Kier molecular flexibility index (Phi) is 6.53. The molecule has 1 aromatic carbocycles. The monoisotopic (exact) mass is 451 g/mol. The van der Waals surface area contributed by atoms with Crippen molar-refractivity contribution < 1.29 is 4.79 Å². The third-order valence-electron chi connectivity index (χ3n) is 6.38. The topological polar surface area (TPSA) is 83.0 Å². The fourth-order valence-electron chi connectivity index (χ4n) is 4.61. The molecule has 2 N–H and O–H groups in total. The van der Waals surface area contributed by atoms with Gasteiger partial charge in [0.2, 0.25) is 0 Å². The van der Waals surface area contributed by atoms with E-state index in [1.807, 2.05) is 32.0 Å². The Balaban J connectivity index is 1.44. The van der Waals surface area contributed by atoms with Gasteiger partial charge in [-0.15, -0.1) is 0 Å². The number of rotatable bonds is 5. The molecule has 0 spiro atoms. The lowest BCUT2D eigenvalue weighted by Gasteiger charge is -2.32. The highest BCUT2D eigenvalue weighted by molar-refractivity contribution is 7.71. The van der Waals surface area contributed by atoms with E-state index in [1.165, 1.54) is 11.1 Å². The van der Waals surface area contributed by atoms with Gasteiger partial charge in [-0.2, -0.15) is 0 Å². The number of carbonyl (C=O) groups excluding carboxylic acids is 1. The first-order chi connectivity index (χ1) is 15.4. The van der Waals surface area contributed by atoms with E-state index in [9.17, 15) is 9.59 Å². The molecule has 7 nitrogen and oxygen atoms in total. The molecule has 1 fully saturated rings. The largest absolute Gasteiger partial charge is 0.354 e. The Labute approximate surface area is 192 Å². The summed E-state index contributed by atoms with van der Waals surface area (Å²) in [5.41, 5.74) is 4.45. The summed E-state index contributed by atoms with van der Waals surface area (Å²) in [4.78, 5) is 34.0. The van der Waals surface area contributed by atoms with Crippen LogP contribution in [-0.2, 0) is 13.1 Å². The number of aromatic nitrogens is 3. The summed E-state index contributed by atoms with van der Waals surface area (Å²) in [6, 6.07) is 10.0. The van der Waals surface area contributed by atoms with Crippen LogP contribution in [0.4, 0.5) is 0 Å². The molecule has 8 heteroatoms. The van der Waals surface area contributed by atoms with Crippen molar-refractivity contribution in [2.24, 2.45) is 0 Å². The zero-order valence-corrected chi connectivity index (χ0v) is 19.6. The molecule has 1 aliphatic heterocycles. The van der Waals surface area contributed by atoms with Crippen LogP contribution in [-0.4, -0.2) is 45.5 Å². The minimum Gasteiger partial charge on any atom is -0.354 e. The molecule has 4 rings (SSSR count).